The van der Waals surface area contributed by atoms with E-state index in [4.69, 9.17) is 0 Å². The van der Waals surface area contributed by atoms with Crippen LogP contribution in [0.3, 0.4) is 0 Å². The molecule has 0 saturated carbocycles. The Balaban J connectivity index is 2.41. The topological polar surface area (TPSA) is 29.9 Å². The van der Waals surface area contributed by atoms with E-state index in [0.29, 0.717) is 0 Å². The van der Waals surface area contributed by atoms with E-state index < -0.39 is 0 Å². The third-order valence-electron chi connectivity index (χ3n) is 1.98. The van der Waals surface area contributed by atoms with Gasteiger partial charge in [-0.1, -0.05) is 19.1 Å². The van der Waals surface area contributed by atoms with Crippen LogP contribution in [0, 0.1) is 0 Å². The minimum absolute atomic E-state index is 0.819. The Morgan fingerprint density at radius 2 is 2.43 bits per heavy atom. The zero-order chi connectivity index (χ0) is 10.4. The normalized spacial score (nSPS) is 10.4. The summed E-state index contributed by atoms with van der Waals surface area (Å²) >= 11 is 0. The summed E-state index contributed by atoms with van der Waals surface area (Å²) in [5.41, 5.74) is 1.15. The van der Waals surface area contributed by atoms with E-state index in [1.165, 1.54) is 0 Å². The summed E-state index contributed by atoms with van der Waals surface area (Å²) in [6, 6.07) is 0. The Hall–Kier alpha value is -1.09. The van der Waals surface area contributed by atoms with Gasteiger partial charge in [-0.15, -0.1) is 0 Å². The van der Waals surface area contributed by atoms with Gasteiger partial charge >= 0.3 is 0 Å². The molecule has 3 nitrogen and oxygen atoms in total. The highest BCUT2D eigenvalue weighted by atomic mass is 15.1. The van der Waals surface area contributed by atoms with E-state index in [1.807, 2.05) is 19.3 Å². The molecule has 1 heterocycles. The summed E-state index contributed by atoms with van der Waals surface area (Å²) in [5, 5.41) is 3.30. The fraction of sp³-hybridized carbons (Fsp3) is 0.545. The van der Waals surface area contributed by atoms with E-state index in [1.54, 1.807) is 0 Å². The lowest BCUT2D eigenvalue weighted by Crippen LogP contribution is -2.18. The van der Waals surface area contributed by atoms with Gasteiger partial charge in [-0.25, -0.2) is 4.98 Å². The first-order chi connectivity index (χ1) is 6.74. The highest BCUT2D eigenvalue weighted by molar-refractivity contribution is 4.95. The van der Waals surface area contributed by atoms with Gasteiger partial charge in [0.05, 0.1) is 6.54 Å². The Morgan fingerprint density at radius 3 is 3.07 bits per heavy atom. The highest BCUT2D eigenvalue weighted by Gasteiger charge is 2.00. The largest absolute Gasteiger partial charge is 0.334 e. The molecule has 1 rings (SSSR count). The van der Waals surface area contributed by atoms with Crippen LogP contribution in [0.1, 0.15) is 26.1 Å². The molecule has 1 aromatic rings. The van der Waals surface area contributed by atoms with Crippen molar-refractivity contribution in [1.29, 1.82) is 0 Å². The minimum Gasteiger partial charge on any atom is -0.334 e. The molecule has 0 aliphatic rings. The van der Waals surface area contributed by atoms with Crippen LogP contribution in [0.4, 0.5) is 0 Å². The van der Waals surface area contributed by atoms with Crippen molar-refractivity contribution < 1.29 is 0 Å². The second-order valence-electron chi connectivity index (χ2n) is 3.60. The molecule has 0 bridgehead atoms. The van der Waals surface area contributed by atoms with Gasteiger partial charge in [-0.3, -0.25) is 0 Å². The molecular formula is C11H19N3. The van der Waals surface area contributed by atoms with Crippen molar-refractivity contribution in [3.05, 3.63) is 30.4 Å². The molecule has 0 unspecified atom stereocenters. The summed E-state index contributed by atoms with van der Waals surface area (Å²) in [6.45, 7) is 10.8. The molecule has 0 amide bonds. The van der Waals surface area contributed by atoms with E-state index in [9.17, 15) is 0 Å². The van der Waals surface area contributed by atoms with Crippen LogP contribution in [0.25, 0.3) is 0 Å². The summed E-state index contributed by atoms with van der Waals surface area (Å²) < 4.78 is 2.19. The standard InChI is InChI=1S/C11H19N3/c1-4-6-14-7-5-13-11(14)9-12-8-10(2)3/h5,7,12H,2,4,6,8-9H2,1,3H3. The highest BCUT2D eigenvalue weighted by Crippen LogP contribution is 1.99. The van der Waals surface area contributed by atoms with Crippen molar-refractivity contribution in [3.63, 3.8) is 0 Å². The number of nitrogens with one attached hydrogen (secondary N) is 1. The molecule has 1 aromatic heterocycles. The maximum atomic E-state index is 4.30. The predicted octanol–water partition coefficient (Wildman–Crippen LogP) is 1.96. The van der Waals surface area contributed by atoms with Crippen molar-refractivity contribution in [3.8, 4) is 0 Å². The number of hydrogen-bond donors (Lipinski definition) is 1. The van der Waals surface area contributed by atoms with E-state index >= 15 is 0 Å². The van der Waals surface area contributed by atoms with Crippen LogP contribution >= 0.6 is 0 Å². The Labute approximate surface area is 85.8 Å². The Kier molecular flexibility index (Phi) is 4.40. The molecule has 1 N–H and O–H groups in total. The van der Waals surface area contributed by atoms with Crippen molar-refractivity contribution in [2.24, 2.45) is 0 Å². The van der Waals surface area contributed by atoms with Crippen molar-refractivity contribution in [1.82, 2.24) is 14.9 Å². The average Bonchev–Trinajstić information content (AvgIpc) is 2.53. The quantitative estimate of drug-likeness (QED) is 0.700. The number of hydrogen-bond acceptors (Lipinski definition) is 2. The lowest BCUT2D eigenvalue weighted by atomic mass is 10.3. The molecule has 0 fully saturated rings. The third-order valence-corrected chi connectivity index (χ3v) is 1.98. The summed E-state index contributed by atoms with van der Waals surface area (Å²) in [5.74, 6) is 1.10. The molecule has 0 atom stereocenters. The van der Waals surface area contributed by atoms with Gasteiger partial charge in [0, 0.05) is 25.5 Å². The summed E-state index contributed by atoms with van der Waals surface area (Å²) in [4.78, 5) is 4.30. The van der Waals surface area contributed by atoms with Crippen LogP contribution in [0.15, 0.2) is 24.5 Å². The number of nitrogens with zero attached hydrogens (tertiary/aromatic N) is 2. The van der Waals surface area contributed by atoms with Gasteiger partial charge in [0.1, 0.15) is 5.82 Å². The van der Waals surface area contributed by atoms with E-state index in [2.05, 4.69) is 28.4 Å². The number of aryl methyl sites for hydroxylation is 1. The molecule has 0 saturated heterocycles. The first-order valence-electron chi connectivity index (χ1n) is 5.09. The summed E-state index contributed by atoms with van der Waals surface area (Å²) in [6.07, 6.45) is 5.03. The first-order valence-corrected chi connectivity index (χ1v) is 5.09. The molecular weight excluding hydrogens is 174 g/mol. The molecule has 0 radical (unpaired) electrons. The van der Waals surface area contributed by atoms with Gasteiger partial charge in [0.2, 0.25) is 0 Å². The average molecular weight is 193 g/mol. The minimum atomic E-state index is 0.819. The van der Waals surface area contributed by atoms with Crippen molar-refractivity contribution >= 4 is 0 Å². The lowest BCUT2D eigenvalue weighted by Gasteiger charge is -2.07. The van der Waals surface area contributed by atoms with Crippen LogP contribution < -0.4 is 5.32 Å². The molecule has 3 heteroatoms. The Bertz CT molecular complexity index is 288. The van der Waals surface area contributed by atoms with E-state index in [-0.39, 0.29) is 0 Å². The monoisotopic (exact) mass is 193 g/mol. The molecule has 78 valence electrons. The molecule has 0 spiro atoms. The molecule has 0 aliphatic carbocycles. The van der Waals surface area contributed by atoms with Crippen molar-refractivity contribution in [2.45, 2.75) is 33.4 Å². The lowest BCUT2D eigenvalue weighted by molar-refractivity contribution is 0.602. The second kappa shape index (κ2) is 5.60. The summed E-state index contributed by atoms with van der Waals surface area (Å²) in [7, 11) is 0. The fourth-order valence-electron chi connectivity index (χ4n) is 1.34. The first kappa shape index (κ1) is 11.0. The smallest absolute Gasteiger partial charge is 0.122 e. The molecule has 14 heavy (non-hydrogen) atoms. The maximum absolute atomic E-state index is 4.30. The van der Waals surface area contributed by atoms with Crippen LogP contribution in [-0.2, 0) is 13.1 Å². The Morgan fingerprint density at radius 1 is 1.64 bits per heavy atom. The van der Waals surface area contributed by atoms with Crippen LogP contribution in [0.2, 0.25) is 0 Å². The van der Waals surface area contributed by atoms with E-state index in [0.717, 1.165) is 37.5 Å². The number of imidazole rings is 1. The van der Waals surface area contributed by atoms with Gasteiger partial charge in [0.15, 0.2) is 0 Å². The molecule has 0 aliphatic heterocycles. The zero-order valence-corrected chi connectivity index (χ0v) is 9.08. The predicted molar refractivity (Wildman–Crippen MR) is 59.0 cm³/mol. The zero-order valence-electron chi connectivity index (χ0n) is 9.08. The SMILES string of the molecule is C=C(C)CNCc1nccn1CCC. The fourth-order valence-corrected chi connectivity index (χ4v) is 1.34. The number of rotatable bonds is 6. The van der Waals surface area contributed by atoms with Gasteiger partial charge < -0.3 is 9.88 Å². The van der Waals surface area contributed by atoms with Gasteiger partial charge in [0.25, 0.3) is 0 Å². The third kappa shape index (κ3) is 3.34. The second-order valence-corrected chi connectivity index (χ2v) is 3.60. The van der Waals surface area contributed by atoms with Crippen LogP contribution in [-0.4, -0.2) is 16.1 Å². The maximum Gasteiger partial charge on any atom is 0.122 e. The molecule has 0 aromatic carbocycles. The van der Waals surface area contributed by atoms with Gasteiger partial charge in [-0.05, 0) is 13.3 Å². The van der Waals surface area contributed by atoms with Crippen LogP contribution in [0.5, 0.6) is 0 Å². The van der Waals surface area contributed by atoms with Gasteiger partial charge in [-0.2, -0.15) is 0 Å². The number of aromatic nitrogens is 2. The van der Waals surface area contributed by atoms with Crippen molar-refractivity contribution in [2.75, 3.05) is 6.54 Å².